The predicted octanol–water partition coefficient (Wildman–Crippen LogP) is 1.31. The van der Waals surface area contributed by atoms with Crippen LogP contribution >= 0.6 is 0 Å². The third-order valence-corrected chi connectivity index (χ3v) is 4.88. The maximum absolute atomic E-state index is 12.7. The van der Waals surface area contributed by atoms with Crippen molar-refractivity contribution in [1.29, 1.82) is 0 Å². The molecular weight excluding hydrogens is 348 g/mol. The number of benzene rings is 1. The quantitative estimate of drug-likeness (QED) is 0.678. The second kappa shape index (κ2) is 7.50. The maximum atomic E-state index is 12.7. The van der Waals surface area contributed by atoms with Crippen molar-refractivity contribution >= 4 is 16.9 Å². The third kappa shape index (κ3) is 3.72. The van der Waals surface area contributed by atoms with E-state index in [1.54, 1.807) is 18.5 Å². The lowest BCUT2D eigenvalue weighted by molar-refractivity contribution is 0.0924. The SMILES string of the molecule is Cc1cc(C[C@@H]2COC[C@@H]2NC(=O)c2ccc3c(c2)ncn3CCO)on1. The van der Waals surface area contributed by atoms with Gasteiger partial charge in [-0.05, 0) is 25.1 Å². The van der Waals surface area contributed by atoms with Gasteiger partial charge in [0.15, 0.2) is 0 Å². The molecule has 8 heteroatoms. The summed E-state index contributed by atoms with van der Waals surface area (Å²) in [7, 11) is 0. The number of carbonyl (C=O) groups is 1. The average Bonchev–Trinajstić information content (AvgIpc) is 3.37. The Morgan fingerprint density at radius 1 is 1.37 bits per heavy atom. The number of amides is 1. The van der Waals surface area contributed by atoms with E-state index in [0.717, 1.165) is 22.5 Å². The van der Waals surface area contributed by atoms with Crippen molar-refractivity contribution in [1.82, 2.24) is 20.0 Å². The highest BCUT2D eigenvalue weighted by Gasteiger charge is 2.31. The number of hydrogen-bond donors (Lipinski definition) is 2. The lowest BCUT2D eigenvalue weighted by atomic mass is 9.98. The molecule has 1 aliphatic rings. The van der Waals surface area contributed by atoms with E-state index in [4.69, 9.17) is 14.4 Å². The number of aliphatic hydroxyl groups excluding tert-OH is 1. The first-order valence-electron chi connectivity index (χ1n) is 9.00. The van der Waals surface area contributed by atoms with Crippen LogP contribution in [0.2, 0.25) is 0 Å². The van der Waals surface area contributed by atoms with Gasteiger partial charge in [0, 0.05) is 30.5 Å². The lowest BCUT2D eigenvalue weighted by Crippen LogP contribution is -2.40. The molecule has 0 saturated carbocycles. The number of hydrogen-bond acceptors (Lipinski definition) is 6. The Kier molecular flexibility index (Phi) is 4.91. The molecule has 0 bridgehead atoms. The summed E-state index contributed by atoms with van der Waals surface area (Å²) in [6.45, 7) is 3.47. The largest absolute Gasteiger partial charge is 0.395 e. The minimum atomic E-state index is -0.150. The van der Waals surface area contributed by atoms with E-state index in [0.29, 0.717) is 31.7 Å². The van der Waals surface area contributed by atoms with E-state index in [1.807, 2.05) is 23.6 Å². The Morgan fingerprint density at radius 2 is 2.26 bits per heavy atom. The maximum Gasteiger partial charge on any atom is 0.251 e. The molecule has 8 nitrogen and oxygen atoms in total. The summed E-state index contributed by atoms with van der Waals surface area (Å²) in [4.78, 5) is 17.0. The van der Waals surface area contributed by atoms with Crippen LogP contribution in [0.4, 0.5) is 0 Å². The van der Waals surface area contributed by atoms with Crippen molar-refractivity contribution in [2.45, 2.75) is 25.9 Å². The van der Waals surface area contributed by atoms with Gasteiger partial charge in [-0.25, -0.2) is 4.98 Å². The van der Waals surface area contributed by atoms with E-state index in [2.05, 4.69) is 15.5 Å². The smallest absolute Gasteiger partial charge is 0.251 e. The molecule has 2 aromatic heterocycles. The number of aliphatic hydroxyl groups is 1. The van der Waals surface area contributed by atoms with E-state index in [1.165, 1.54) is 0 Å². The van der Waals surface area contributed by atoms with Crippen LogP contribution in [0.5, 0.6) is 0 Å². The van der Waals surface area contributed by atoms with Gasteiger partial charge in [-0.1, -0.05) is 5.16 Å². The lowest BCUT2D eigenvalue weighted by Gasteiger charge is -2.18. The first-order chi connectivity index (χ1) is 13.1. The molecule has 1 aliphatic heterocycles. The summed E-state index contributed by atoms with van der Waals surface area (Å²) in [6, 6.07) is 7.23. The summed E-state index contributed by atoms with van der Waals surface area (Å²) in [5.74, 6) is 0.801. The fraction of sp³-hybridized carbons (Fsp3) is 0.421. The molecule has 0 spiro atoms. The fourth-order valence-electron chi connectivity index (χ4n) is 3.47. The van der Waals surface area contributed by atoms with E-state index in [-0.39, 0.29) is 24.5 Å². The van der Waals surface area contributed by atoms with Crippen molar-refractivity contribution < 1.29 is 19.2 Å². The molecule has 1 fully saturated rings. The molecule has 1 saturated heterocycles. The molecule has 0 radical (unpaired) electrons. The standard InChI is InChI=1S/C19H22N4O4/c1-12-6-15(27-22-12)7-14-9-26-10-17(14)21-19(25)13-2-3-18-16(8-13)20-11-23(18)4-5-24/h2-3,6,8,11,14,17,24H,4-5,7,9-10H2,1H3,(H,21,25)/t14-,17+/m1/s1. The molecule has 142 valence electrons. The van der Waals surface area contributed by atoms with Crippen molar-refractivity contribution in [3.63, 3.8) is 0 Å². The third-order valence-electron chi connectivity index (χ3n) is 4.88. The van der Waals surface area contributed by atoms with Crippen molar-refractivity contribution in [2.24, 2.45) is 5.92 Å². The molecule has 0 unspecified atom stereocenters. The Hall–Kier alpha value is -2.71. The average molecular weight is 370 g/mol. The van der Waals surface area contributed by atoms with Gasteiger partial charge < -0.3 is 24.3 Å². The summed E-state index contributed by atoms with van der Waals surface area (Å²) in [5, 5.41) is 16.1. The highest BCUT2D eigenvalue weighted by atomic mass is 16.5. The van der Waals surface area contributed by atoms with Gasteiger partial charge in [0.05, 0.1) is 48.9 Å². The first-order valence-corrected chi connectivity index (χ1v) is 9.00. The number of ether oxygens (including phenoxy) is 1. The van der Waals surface area contributed by atoms with E-state index in [9.17, 15) is 4.79 Å². The van der Waals surface area contributed by atoms with Crippen molar-refractivity contribution in [3.05, 3.63) is 47.6 Å². The summed E-state index contributed by atoms with van der Waals surface area (Å²) >= 11 is 0. The monoisotopic (exact) mass is 370 g/mol. The van der Waals surface area contributed by atoms with Crippen LogP contribution in [0.3, 0.4) is 0 Å². The highest BCUT2D eigenvalue weighted by Crippen LogP contribution is 2.21. The number of nitrogens with zero attached hydrogens (tertiary/aromatic N) is 3. The second-order valence-corrected chi connectivity index (χ2v) is 6.88. The van der Waals surface area contributed by atoms with Crippen LogP contribution in [0.15, 0.2) is 35.1 Å². The van der Waals surface area contributed by atoms with Crippen LogP contribution in [-0.2, 0) is 17.7 Å². The Bertz CT molecular complexity index is 948. The summed E-state index contributed by atoms with van der Waals surface area (Å²) in [6.07, 6.45) is 2.35. The molecular formula is C19H22N4O4. The van der Waals surface area contributed by atoms with Crippen LogP contribution in [-0.4, -0.2) is 51.6 Å². The predicted molar refractivity (Wildman–Crippen MR) is 97.3 cm³/mol. The fourth-order valence-corrected chi connectivity index (χ4v) is 3.47. The Morgan fingerprint density at radius 3 is 3.04 bits per heavy atom. The number of fused-ring (bicyclic) bond motifs is 1. The van der Waals surface area contributed by atoms with Gasteiger partial charge in [0.1, 0.15) is 5.76 Å². The van der Waals surface area contributed by atoms with Crippen molar-refractivity contribution in [3.8, 4) is 0 Å². The van der Waals surface area contributed by atoms with Gasteiger partial charge in [-0.15, -0.1) is 0 Å². The number of imidazole rings is 1. The van der Waals surface area contributed by atoms with Gasteiger partial charge in [-0.2, -0.15) is 0 Å². The van der Waals surface area contributed by atoms with Gasteiger partial charge in [-0.3, -0.25) is 4.79 Å². The second-order valence-electron chi connectivity index (χ2n) is 6.88. The highest BCUT2D eigenvalue weighted by molar-refractivity contribution is 5.97. The van der Waals surface area contributed by atoms with Crippen LogP contribution in [0.1, 0.15) is 21.8 Å². The molecule has 2 N–H and O–H groups in total. The van der Waals surface area contributed by atoms with Gasteiger partial charge in [0.25, 0.3) is 5.91 Å². The normalized spacial score (nSPS) is 19.6. The molecule has 4 rings (SSSR count). The Balaban J connectivity index is 1.45. The van der Waals surface area contributed by atoms with Gasteiger partial charge in [0.2, 0.25) is 0 Å². The van der Waals surface area contributed by atoms with E-state index < -0.39 is 0 Å². The number of rotatable bonds is 6. The first kappa shape index (κ1) is 17.7. The zero-order valence-corrected chi connectivity index (χ0v) is 15.1. The van der Waals surface area contributed by atoms with Crippen LogP contribution in [0.25, 0.3) is 11.0 Å². The molecule has 2 atom stereocenters. The number of carbonyl (C=O) groups excluding carboxylic acids is 1. The number of aryl methyl sites for hydroxylation is 1. The molecule has 27 heavy (non-hydrogen) atoms. The molecule has 1 amide bonds. The van der Waals surface area contributed by atoms with Gasteiger partial charge >= 0.3 is 0 Å². The minimum absolute atomic E-state index is 0.0431. The van der Waals surface area contributed by atoms with Crippen LogP contribution in [0, 0.1) is 12.8 Å². The topological polar surface area (TPSA) is 102 Å². The number of nitrogens with one attached hydrogen (secondary N) is 1. The molecule has 3 aromatic rings. The molecule has 0 aliphatic carbocycles. The summed E-state index contributed by atoms with van der Waals surface area (Å²) in [5.41, 5.74) is 3.02. The van der Waals surface area contributed by atoms with E-state index >= 15 is 0 Å². The molecule has 3 heterocycles. The minimum Gasteiger partial charge on any atom is -0.395 e. The van der Waals surface area contributed by atoms with Crippen molar-refractivity contribution in [2.75, 3.05) is 19.8 Å². The Labute approximate surface area is 156 Å². The van der Waals surface area contributed by atoms with Crippen LogP contribution < -0.4 is 5.32 Å². The number of aromatic nitrogens is 3. The molecule has 1 aromatic carbocycles. The zero-order chi connectivity index (χ0) is 18.8. The summed E-state index contributed by atoms with van der Waals surface area (Å²) < 4.78 is 12.7. The zero-order valence-electron chi connectivity index (χ0n) is 15.1.